The zero-order chi connectivity index (χ0) is 14.7. The van der Waals surface area contributed by atoms with Gasteiger partial charge in [0.1, 0.15) is 17.1 Å². The van der Waals surface area contributed by atoms with Crippen molar-refractivity contribution in [3.63, 3.8) is 0 Å². The smallest absolute Gasteiger partial charge is 0.339 e. The third-order valence-corrected chi connectivity index (χ3v) is 2.99. The lowest BCUT2D eigenvalue weighted by atomic mass is 10.1. The molecule has 2 aromatic carbocycles. The number of phenols is 2. The molecule has 0 aliphatic heterocycles. The summed E-state index contributed by atoms with van der Waals surface area (Å²) in [6.45, 7) is 0.290. The number of carboxylic acid groups (broad SMARTS) is 1. The predicted octanol–water partition coefficient (Wildman–Crippen LogP) is 3.06. The number of hydrogen-bond donors (Lipinski definition) is 4. The van der Waals surface area contributed by atoms with Gasteiger partial charge < -0.3 is 20.6 Å². The summed E-state index contributed by atoms with van der Waals surface area (Å²) in [5.41, 5.74) is 0.965. The molecule has 0 aliphatic carbocycles. The van der Waals surface area contributed by atoms with Crippen LogP contribution in [0, 0.1) is 0 Å². The highest BCUT2D eigenvalue weighted by molar-refractivity contribution is 6.30. The third kappa shape index (κ3) is 3.13. The lowest BCUT2D eigenvalue weighted by molar-refractivity contribution is 0.0694. The molecule has 4 N–H and O–H groups in total. The Bertz CT molecular complexity index is 658. The van der Waals surface area contributed by atoms with E-state index in [0.29, 0.717) is 16.3 Å². The zero-order valence-corrected chi connectivity index (χ0v) is 11.1. The van der Waals surface area contributed by atoms with Gasteiger partial charge in [-0.2, -0.15) is 0 Å². The van der Waals surface area contributed by atoms with E-state index in [1.807, 2.05) is 0 Å². The van der Waals surface area contributed by atoms with E-state index in [1.165, 1.54) is 24.3 Å². The third-order valence-electron chi connectivity index (χ3n) is 2.75. The standard InChI is InChI=1S/C14H12ClNO4/c15-9-1-4-12(17)8(5-9)7-16-10-2-3-11(14(19)20)13(18)6-10/h1-6,16-18H,7H2,(H,19,20). The molecule has 0 aliphatic rings. The van der Waals surface area contributed by atoms with Gasteiger partial charge in [-0.25, -0.2) is 4.79 Å². The van der Waals surface area contributed by atoms with Crippen LogP contribution < -0.4 is 5.32 Å². The summed E-state index contributed by atoms with van der Waals surface area (Å²) < 4.78 is 0. The number of rotatable bonds is 4. The van der Waals surface area contributed by atoms with E-state index in [9.17, 15) is 15.0 Å². The van der Waals surface area contributed by atoms with E-state index in [1.54, 1.807) is 12.1 Å². The molecule has 20 heavy (non-hydrogen) atoms. The largest absolute Gasteiger partial charge is 0.508 e. The summed E-state index contributed by atoms with van der Waals surface area (Å²) in [4.78, 5) is 10.8. The average molecular weight is 294 g/mol. The summed E-state index contributed by atoms with van der Waals surface area (Å²) in [5, 5.41) is 31.5. The van der Waals surface area contributed by atoms with Crippen molar-refractivity contribution in [2.75, 3.05) is 5.32 Å². The quantitative estimate of drug-likeness (QED) is 0.695. The second-order valence-corrected chi connectivity index (χ2v) is 4.60. The monoisotopic (exact) mass is 293 g/mol. The molecule has 2 aromatic rings. The van der Waals surface area contributed by atoms with Crippen LogP contribution in [0.25, 0.3) is 0 Å². The minimum Gasteiger partial charge on any atom is -0.508 e. The van der Waals surface area contributed by atoms with Gasteiger partial charge in [-0.1, -0.05) is 11.6 Å². The van der Waals surface area contributed by atoms with Gasteiger partial charge in [0.25, 0.3) is 0 Å². The van der Waals surface area contributed by atoms with Crippen LogP contribution in [0.15, 0.2) is 36.4 Å². The van der Waals surface area contributed by atoms with Crippen LogP contribution >= 0.6 is 11.6 Å². The summed E-state index contributed by atoms with van der Waals surface area (Å²) in [7, 11) is 0. The first kappa shape index (κ1) is 14.0. The Hall–Kier alpha value is -2.40. The van der Waals surface area contributed by atoms with Crippen molar-refractivity contribution in [1.82, 2.24) is 0 Å². The molecular formula is C14H12ClNO4. The summed E-state index contributed by atoms with van der Waals surface area (Å²) in [6, 6.07) is 8.83. The zero-order valence-electron chi connectivity index (χ0n) is 10.3. The first-order chi connectivity index (χ1) is 9.47. The molecule has 0 amide bonds. The number of phenolic OH excluding ortho intramolecular Hbond substituents is 1. The topological polar surface area (TPSA) is 89.8 Å². The molecular weight excluding hydrogens is 282 g/mol. The number of anilines is 1. The van der Waals surface area contributed by atoms with Crippen LogP contribution in [0.2, 0.25) is 5.02 Å². The van der Waals surface area contributed by atoms with Crippen molar-refractivity contribution < 1.29 is 20.1 Å². The van der Waals surface area contributed by atoms with E-state index < -0.39 is 5.97 Å². The average Bonchev–Trinajstić information content (AvgIpc) is 2.39. The minimum atomic E-state index is -1.19. The number of hydrogen-bond acceptors (Lipinski definition) is 4. The Kier molecular flexibility index (Phi) is 4.00. The Morgan fingerprint density at radius 3 is 2.50 bits per heavy atom. The Morgan fingerprint density at radius 1 is 1.10 bits per heavy atom. The fourth-order valence-electron chi connectivity index (χ4n) is 1.72. The van der Waals surface area contributed by atoms with Crippen LogP contribution in [0.4, 0.5) is 5.69 Å². The predicted molar refractivity (Wildman–Crippen MR) is 75.5 cm³/mol. The van der Waals surface area contributed by atoms with Gasteiger partial charge >= 0.3 is 5.97 Å². The molecule has 0 aromatic heterocycles. The van der Waals surface area contributed by atoms with Gasteiger partial charge in [0, 0.05) is 28.9 Å². The second-order valence-electron chi connectivity index (χ2n) is 4.16. The number of benzene rings is 2. The molecule has 2 rings (SSSR count). The molecule has 0 saturated heterocycles. The Balaban J connectivity index is 2.13. The second kappa shape index (κ2) is 5.71. The van der Waals surface area contributed by atoms with Crippen LogP contribution in [-0.2, 0) is 6.54 Å². The maximum atomic E-state index is 10.8. The van der Waals surface area contributed by atoms with E-state index in [0.717, 1.165) is 0 Å². The molecule has 0 radical (unpaired) electrons. The van der Waals surface area contributed by atoms with Crippen LogP contribution in [-0.4, -0.2) is 21.3 Å². The van der Waals surface area contributed by atoms with Crippen molar-refractivity contribution in [3.8, 4) is 11.5 Å². The molecule has 5 nitrogen and oxygen atoms in total. The highest BCUT2D eigenvalue weighted by Gasteiger charge is 2.10. The number of halogens is 1. The number of carbonyl (C=O) groups is 1. The van der Waals surface area contributed by atoms with Crippen molar-refractivity contribution in [2.24, 2.45) is 0 Å². The van der Waals surface area contributed by atoms with E-state index in [2.05, 4.69) is 5.32 Å². The normalized spacial score (nSPS) is 10.2. The molecule has 0 spiro atoms. The lowest BCUT2D eigenvalue weighted by Crippen LogP contribution is -2.01. The van der Waals surface area contributed by atoms with E-state index in [-0.39, 0.29) is 23.6 Å². The maximum absolute atomic E-state index is 10.8. The Labute approximate surface area is 120 Å². The van der Waals surface area contributed by atoms with E-state index >= 15 is 0 Å². The highest BCUT2D eigenvalue weighted by Crippen LogP contribution is 2.25. The van der Waals surface area contributed by atoms with Crippen LogP contribution in [0.5, 0.6) is 11.5 Å². The first-order valence-corrected chi connectivity index (χ1v) is 6.13. The number of aromatic hydroxyl groups is 2. The van der Waals surface area contributed by atoms with E-state index in [4.69, 9.17) is 16.7 Å². The lowest BCUT2D eigenvalue weighted by Gasteiger charge is -2.09. The molecule has 0 saturated carbocycles. The fourth-order valence-corrected chi connectivity index (χ4v) is 1.91. The highest BCUT2D eigenvalue weighted by atomic mass is 35.5. The summed E-state index contributed by atoms with van der Waals surface area (Å²) in [6.07, 6.45) is 0. The molecule has 104 valence electrons. The molecule has 0 bridgehead atoms. The molecule has 0 atom stereocenters. The molecule has 0 fully saturated rings. The SMILES string of the molecule is O=C(O)c1ccc(NCc2cc(Cl)ccc2O)cc1O. The van der Waals surface area contributed by atoms with Crippen LogP contribution in [0.1, 0.15) is 15.9 Å². The summed E-state index contributed by atoms with van der Waals surface area (Å²) in [5.74, 6) is -1.41. The number of carboxylic acids is 1. The van der Waals surface area contributed by atoms with Gasteiger partial charge in [-0.3, -0.25) is 0 Å². The molecule has 0 unspecified atom stereocenters. The van der Waals surface area contributed by atoms with Crippen molar-refractivity contribution in [3.05, 3.63) is 52.5 Å². The van der Waals surface area contributed by atoms with Gasteiger partial charge in [-0.05, 0) is 30.3 Å². The van der Waals surface area contributed by atoms with Crippen molar-refractivity contribution in [2.45, 2.75) is 6.54 Å². The number of aromatic carboxylic acids is 1. The maximum Gasteiger partial charge on any atom is 0.339 e. The van der Waals surface area contributed by atoms with Gasteiger partial charge in [0.2, 0.25) is 0 Å². The van der Waals surface area contributed by atoms with Gasteiger partial charge in [0.15, 0.2) is 0 Å². The van der Waals surface area contributed by atoms with Crippen molar-refractivity contribution in [1.29, 1.82) is 0 Å². The van der Waals surface area contributed by atoms with Gasteiger partial charge in [0.05, 0.1) is 0 Å². The Morgan fingerprint density at radius 2 is 1.85 bits per heavy atom. The molecule has 0 heterocycles. The summed E-state index contributed by atoms with van der Waals surface area (Å²) >= 11 is 5.84. The van der Waals surface area contributed by atoms with Crippen LogP contribution in [0.3, 0.4) is 0 Å². The number of nitrogens with one attached hydrogen (secondary N) is 1. The minimum absolute atomic E-state index is 0.105. The first-order valence-electron chi connectivity index (χ1n) is 5.75. The van der Waals surface area contributed by atoms with Gasteiger partial charge in [-0.15, -0.1) is 0 Å². The fraction of sp³-hybridized carbons (Fsp3) is 0.0714. The van der Waals surface area contributed by atoms with Crippen molar-refractivity contribution >= 4 is 23.3 Å². The molecule has 6 heteroatoms.